The van der Waals surface area contributed by atoms with Crippen molar-refractivity contribution >= 4 is 5.96 Å². The summed E-state index contributed by atoms with van der Waals surface area (Å²) in [6.45, 7) is 5.66. The summed E-state index contributed by atoms with van der Waals surface area (Å²) >= 11 is 0. The molecule has 0 saturated carbocycles. The number of guanidine groups is 1. The topological polar surface area (TPSA) is 94.2 Å². The van der Waals surface area contributed by atoms with Gasteiger partial charge in [-0.25, -0.2) is 14.6 Å². The number of hydrogen-bond donors (Lipinski definition) is 2. The quantitative estimate of drug-likeness (QED) is 0.549. The summed E-state index contributed by atoms with van der Waals surface area (Å²) in [5, 5.41) is 11.3. The van der Waals surface area contributed by atoms with E-state index in [2.05, 4.69) is 37.6 Å². The van der Waals surface area contributed by atoms with Crippen molar-refractivity contribution in [2.45, 2.75) is 45.5 Å². The standard InChI is InChI=1S/C16H26N8O/c1-3-18-16(19-7-9-23-8-6-17-12-23)20-13-4-5-15-21-14(11-25-2)22-24(15)10-13/h6,8,12-13H,3-5,7,9-11H2,1-2H3,(H2,18,19,20). The smallest absolute Gasteiger partial charge is 0.191 e. The van der Waals surface area contributed by atoms with Crippen LogP contribution in [-0.4, -0.2) is 56.5 Å². The molecule has 2 aromatic heterocycles. The highest BCUT2D eigenvalue weighted by Gasteiger charge is 2.22. The van der Waals surface area contributed by atoms with Gasteiger partial charge in [0.25, 0.3) is 0 Å². The average Bonchev–Trinajstić information content (AvgIpc) is 3.24. The minimum absolute atomic E-state index is 0.288. The van der Waals surface area contributed by atoms with E-state index in [1.165, 1.54) is 0 Å². The molecule has 1 aliphatic heterocycles. The number of methoxy groups -OCH3 is 1. The maximum Gasteiger partial charge on any atom is 0.191 e. The van der Waals surface area contributed by atoms with E-state index >= 15 is 0 Å². The summed E-state index contributed by atoms with van der Waals surface area (Å²) in [7, 11) is 1.66. The predicted molar refractivity (Wildman–Crippen MR) is 94.2 cm³/mol. The molecule has 3 rings (SSSR count). The summed E-state index contributed by atoms with van der Waals surface area (Å²) in [5.41, 5.74) is 0. The van der Waals surface area contributed by atoms with E-state index in [0.717, 1.165) is 50.1 Å². The molecule has 0 amide bonds. The molecule has 0 fully saturated rings. The second-order valence-electron chi connectivity index (χ2n) is 6.00. The van der Waals surface area contributed by atoms with Gasteiger partial charge in [0.15, 0.2) is 11.8 Å². The minimum Gasteiger partial charge on any atom is -0.377 e. The Bertz CT molecular complexity index is 678. The fourth-order valence-corrected chi connectivity index (χ4v) is 2.88. The molecule has 2 aromatic rings. The first-order chi connectivity index (χ1) is 12.3. The van der Waals surface area contributed by atoms with E-state index in [1.807, 2.05) is 15.4 Å². The van der Waals surface area contributed by atoms with E-state index < -0.39 is 0 Å². The number of hydrogen-bond acceptors (Lipinski definition) is 5. The number of imidazole rings is 1. The van der Waals surface area contributed by atoms with Crippen LogP contribution < -0.4 is 10.6 Å². The van der Waals surface area contributed by atoms with Gasteiger partial charge in [0.1, 0.15) is 12.4 Å². The number of ether oxygens (including phenoxy) is 1. The van der Waals surface area contributed by atoms with Crippen LogP contribution in [0.1, 0.15) is 25.0 Å². The lowest BCUT2D eigenvalue weighted by atomic mass is 10.1. The molecule has 0 spiro atoms. The number of aromatic nitrogens is 5. The Morgan fingerprint density at radius 3 is 3.16 bits per heavy atom. The second kappa shape index (κ2) is 8.61. The highest BCUT2D eigenvalue weighted by Crippen LogP contribution is 2.13. The van der Waals surface area contributed by atoms with E-state index in [9.17, 15) is 0 Å². The molecule has 2 N–H and O–H groups in total. The molecule has 1 atom stereocenters. The van der Waals surface area contributed by atoms with E-state index in [-0.39, 0.29) is 6.04 Å². The van der Waals surface area contributed by atoms with Crippen LogP contribution in [0.5, 0.6) is 0 Å². The van der Waals surface area contributed by atoms with Gasteiger partial charge in [0.05, 0.1) is 19.4 Å². The van der Waals surface area contributed by atoms with Crippen molar-refractivity contribution in [2.24, 2.45) is 4.99 Å². The summed E-state index contributed by atoms with van der Waals surface area (Å²) in [4.78, 5) is 13.2. The molecular formula is C16H26N8O. The van der Waals surface area contributed by atoms with Gasteiger partial charge < -0.3 is 19.9 Å². The van der Waals surface area contributed by atoms with Crippen LogP contribution in [0.3, 0.4) is 0 Å². The number of nitrogens with zero attached hydrogens (tertiary/aromatic N) is 6. The van der Waals surface area contributed by atoms with Crippen LogP contribution in [0.2, 0.25) is 0 Å². The van der Waals surface area contributed by atoms with Gasteiger partial charge in [0, 0.05) is 45.1 Å². The summed E-state index contributed by atoms with van der Waals surface area (Å²) in [5.74, 6) is 2.62. The number of nitrogens with one attached hydrogen (secondary N) is 2. The van der Waals surface area contributed by atoms with Gasteiger partial charge in [-0.15, -0.1) is 0 Å². The van der Waals surface area contributed by atoms with Gasteiger partial charge in [0.2, 0.25) is 0 Å². The first kappa shape index (κ1) is 17.4. The molecule has 136 valence electrons. The molecule has 1 unspecified atom stereocenters. The maximum atomic E-state index is 5.11. The van der Waals surface area contributed by atoms with E-state index in [1.54, 1.807) is 19.6 Å². The number of rotatable bonds is 7. The number of fused-ring (bicyclic) bond motifs is 1. The van der Waals surface area contributed by atoms with Gasteiger partial charge in [-0.3, -0.25) is 4.99 Å². The van der Waals surface area contributed by atoms with Crippen molar-refractivity contribution in [3.05, 3.63) is 30.4 Å². The Morgan fingerprint density at radius 1 is 1.48 bits per heavy atom. The molecule has 0 aliphatic carbocycles. The van der Waals surface area contributed by atoms with Crippen LogP contribution in [0, 0.1) is 0 Å². The molecule has 0 aromatic carbocycles. The predicted octanol–water partition coefficient (Wildman–Crippen LogP) is 0.191. The molecule has 9 heteroatoms. The Hall–Kier alpha value is -2.42. The fourth-order valence-electron chi connectivity index (χ4n) is 2.88. The van der Waals surface area contributed by atoms with Gasteiger partial charge in [-0.1, -0.05) is 0 Å². The Morgan fingerprint density at radius 2 is 2.40 bits per heavy atom. The van der Waals surface area contributed by atoms with Crippen LogP contribution in [0.25, 0.3) is 0 Å². The maximum absolute atomic E-state index is 5.11. The van der Waals surface area contributed by atoms with Gasteiger partial charge in [-0.2, -0.15) is 5.10 Å². The van der Waals surface area contributed by atoms with Crippen molar-refractivity contribution in [3.63, 3.8) is 0 Å². The third-order valence-electron chi connectivity index (χ3n) is 4.05. The molecule has 0 bridgehead atoms. The zero-order valence-electron chi connectivity index (χ0n) is 14.9. The summed E-state index contributed by atoms with van der Waals surface area (Å²) in [6, 6.07) is 0.288. The number of aliphatic imine (C=N–C) groups is 1. The van der Waals surface area contributed by atoms with Gasteiger partial charge in [-0.05, 0) is 13.3 Å². The Labute approximate surface area is 147 Å². The lowest BCUT2D eigenvalue weighted by molar-refractivity contribution is 0.177. The van der Waals surface area contributed by atoms with Crippen LogP contribution >= 0.6 is 0 Å². The number of aryl methyl sites for hydroxylation is 1. The summed E-state index contributed by atoms with van der Waals surface area (Å²) < 4.78 is 9.11. The van der Waals surface area contributed by atoms with Crippen LogP contribution in [-0.2, 0) is 30.9 Å². The molecule has 9 nitrogen and oxygen atoms in total. The minimum atomic E-state index is 0.288. The van der Waals surface area contributed by atoms with Crippen LogP contribution in [0.4, 0.5) is 0 Å². The highest BCUT2D eigenvalue weighted by molar-refractivity contribution is 5.80. The third-order valence-corrected chi connectivity index (χ3v) is 4.05. The lowest BCUT2D eigenvalue weighted by Crippen LogP contribution is -2.47. The van der Waals surface area contributed by atoms with E-state index in [0.29, 0.717) is 13.2 Å². The van der Waals surface area contributed by atoms with Gasteiger partial charge >= 0.3 is 0 Å². The zero-order valence-corrected chi connectivity index (χ0v) is 14.9. The van der Waals surface area contributed by atoms with Crippen molar-refractivity contribution in [2.75, 3.05) is 20.2 Å². The van der Waals surface area contributed by atoms with Crippen molar-refractivity contribution in [1.82, 2.24) is 34.9 Å². The zero-order chi connectivity index (χ0) is 17.5. The first-order valence-electron chi connectivity index (χ1n) is 8.70. The van der Waals surface area contributed by atoms with E-state index in [4.69, 9.17) is 4.74 Å². The SMILES string of the molecule is CCNC(=NCCn1ccnc1)NC1CCc2nc(COC)nn2C1. The molecule has 3 heterocycles. The van der Waals surface area contributed by atoms with Crippen molar-refractivity contribution < 1.29 is 4.74 Å². The normalized spacial score (nSPS) is 17.4. The largest absolute Gasteiger partial charge is 0.377 e. The third kappa shape index (κ3) is 4.79. The second-order valence-corrected chi connectivity index (χ2v) is 6.00. The molecule has 0 saturated heterocycles. The van der Waals surface area contributed by atoms with Crippen molar-refractivity contribution in [1.29, 1.82) is 0 Å². The monoisotopic (exact) mass is 346 g/mol. The molecule has 0 radical (unpaired) electrons. The first-order valence-corrected chi connectivity index (χ1v) is 8.70. The molecule has 1 aliphatic rings. The molecule has 25 heavy (non-hydrogen) atoms. The Kier molecular flexibility index (Phi) is 5.99. The fraction of sp³-hybridized carbons (Fsp3) is 0.625. The van der Waals surface area contributed by atoms with Crippen LogP contribution in [0.15, 0.2) is 23.7 Å². The summed E-state index contributed by atoms with van der Waals surface area (Å²) in [6.07, 6.45) is 7.45. The highest BCUT2D eigenvalue weighted by atomic mass is 16.5. The Balaban J connectivity index is 1.56. The van der Waals surface area contributed by atoms with Crippen molar-refractivity contribution in [3.8, 4) is 0 Å². The lowest BCUT2D eigenvalue weighted by Gasteiger charge is -2.25. The molecular weight excluding hydrogens is 320 g/mol. The average molecular weight is 346 g/mol.